The van der Waals surface area contributed by atoms with Crippen molar-refractivity contribution in [1.82, 2.24) is 4.98 Å². The fourth-order valence-electron chi connectivity index (χ4n) is 2.84. The molecule has 1 amide bonds. The summed E-state index contributed by atoms with van der Waals surface area (Å²) in [5, 5.41) is 6.32. The van der Waals surface area contributed by atoms with Gasteiger partial charge in [-0.3, -0.25) is 9.78 Å². The summed E-state index contributed by atoms with van der Waals surface area (Å²) in [6.45, 7) is 9.80. The third-order valence-corrected chi connectivity index (χ3v) is 4.25. The Morgan fingerprint density at radius 1 is 1.12 bits per heavy atom. The number of aromatic nitrogens is 1. The fourth-order valence-corrected chi connectivity index (χ4v) is 2.84. The van der Waals surface area contributed by atoms with Crippen LogP contribution in [-0.4, -0.2) is 31.2 Å². The summed E-state index contributed by atoms with van der Waals surface area (Å²) in [7, 11) is 1.66. The maximum Gasteiger partial charge on any atom is 0.257 e. The van der Waals surface area contributed by atoms with Crippen LogP contribution in [0.5, 0.6) is 0 Å². The molecule has 0 aliphatic rings. The molecule has 0 aliphatic heterocycles. The van der Waals surface area contributed by atoms with E-state index in [0.29, 0.717) is 30.6 Å². The molecule has 5 heteroatoms. The Balaban J connectivity index is 2.26. The molecule has 1 aromatic heterocycles. The summed E-state index contributed by atoms with van der Waals surface area (Å²) in [5.74, 6) is 0.497. The van der Waals surface area contributed by atoms with Crippen LogP contribution in [0.4, 0.5) is 11.4 Å². The molecule has 0 atom stereocenters. The van der Waals surface area contributed by atoms with E-state index < -0.39 is 0 Å². The lowest BCUT2D eigenvalue weighted by Crippen LogP contribution is -2.17. The Morgan fingerprint density at radius 2 is 1.77 bits per heavy atom. The second-order valence-corrected chi connectivity index (χ2v) is 6.96. The minimum absolute atomic E-state index is 0.150. The highest BCUT2D eigenvalue weighted by Gasteiger charge is 2.17. The number of anilines is 2. The molecule has 0 bridgehead atoms. The van der Waals surface area contributed by atoms with Gasteiger partial charge in [0.1, 0.15) is 0 Å². The fraction of sp³-hybridized carbons (Fsp3) is 0.429. The molecule has 1 aromatic carbocycles. The highest BCUT2D eigenvalue weighted by Crippen LogP contribution is 2.32. The second-order valence-electron chi connectivity index (χ2n) is 6.96. The average molecular weight is 355 g/mol. The Bertz CT molecular complexity index is 716. The molecule has 26 heavy (non-hydrogen) atoms. The lowest BCUT2D eigenvalue weighted by Gasteiger charge is -2.20. The Labute approximate surface area is 156 Å². The third-order valence-electron chi connectivity index (χ3n) is 4.25. The number of carbonyl (C=O) groups excluding carboxylic acids is 1. The molecular formula is C21H29N3O2. The number of rotatable bonds is 8. The molecule has 0 saturated carbocycles. The van der Waals surface area contributed by atoms with Gasteiger partial charge in [-0.05, 0) is 29.0 Å². The van der Waals surface area contributed by atoms with E-state index in [1.165, 1.54) is 0 Å². The zero-order valence-electron chi connectivity index (χ0n) is 16.3. The normalized spacial score (nSPS) is 11.0. The molecule has 2 N–H and O–H groups in total. The topological polar surface area (TPSA) is 63.2 Å². The van der Waals surface area contributed by atoms with Gasteiger partial charge < -0.3 is 15.4 Å². The van der Waals surface area contributed by atoms with Gasteiger partial charge in [0.25, 0.3) is 5.91 Å². The van der Waals surface area contributed by atoms with Gasteiger partial charge in [-0.15, -0.1) is 0 Å². The van der Waals surface area contributed by atoms with Crippen molar-refractivity contribution in [2.45, 2.75) is 39.5 Å². The zero-order chi connectivity index (χ0) is 19.1. The molecule has 0 spiro atoms. The van der Waals surface area contributed by atoms with Crippen molar-refractivity contribution >= 4 is 17.3 Å². The highest BCUT2D eigenvalue weighted by atomic mass is 16.5. The molecular weight excluding hydrogens is 326 g/mol. The van der Waals surface area contributed by atoms with Gasteiger partial charge in [0.05, 0.1) is 17.9 Å². The van der Waals surface area contributed by atoms with E-state index in [0.717, 1.165) is 22.5 Å². The van der Waals surface area contributed by atoms with Gasteiger partial charge >= 0.3 is 0 Å². The van der Waals surface area contributed by atoms with Crippen LogP contribution in [0.25, 0.3) is 0 Å². The first-order valence-electron chi connectivity index (χ1n) is 9.06. The molecule has 0 saturated heterocycles. The number of para-hydroxylation sites is 1. The van der Waals surface area contributed by atoms with Crippen LogP contribution in [0.3, 0.4) is 0 Å². The van der Waals surface area contributed by atoms with Gasteiger partial charge in [-0.2, -0.15) is 0 Å². The van der Waals surface area contributed by atoms with Crippen LogP contribution < -0.4 is 10.6 Å². The molecule has 1 heterocycles. The summed E-state index contributed by atoms with van der Waals surface area (Å²) in [4.78, 5) is 17.0. The van der Waals surface area contributed by atoms with E-state index in [4.69, 9.17) is 4.74 Å². The van der Waals surface area contributed by atoms with Crippen LogP contribution in [0.1, 0.15) is 61.0 Å². The Morgan fingerprint density at radius 3 is 2.35 bits per heavy atom. The minimum atomic E-state index is -0.150. The van der Waals surface area contributed by atoms with E-state index in [9.17, 15) is 4.79 Å². The van der Waals surface area contributed by atoms with E-state index in [2.05, 4.69) is 61.5 Å². The molecule has 0 unspecified atom stereocenters. The molecule has 0 fully saturated rings. The molecule has 0 radical (unpaired) electrons. The number of amides is 1. The molecule has 0 aliphatic carbocycles. The van der Waals surface area contributed by atoms with Crippen molar-refractivity contribution in [3.63, 3.8) is 0 Å². The van der Waals surface area contributed by atoms with Crippen molar-refractivity contribution in [3.8, 4) is 0 Å². The number of nitrogens with one attached hydrogen (secondary N) is 2. The van der Waals surface area contributed by atoms with Crippen LogP contribution in [-0.2, 0) is 4.74 Å². The highest BCUT2D eigenvalue weighted by molar-refractivity contribution is 6.05. The standard InChI is InChI=1S/C21H29N3O2/c1-14(2)18-7-6-8-19(15(3)4)20(18)24-21(25)16-11-17(13-22-12-16)23-9-10-26-5/h6-8,11-15,23H,9-10H2,1-5H3,(H,24,25). The summed E-state index contributed by atoms with van der Waals surface area (Å²) < 4.78 is 5.03. The van der Waals surface area contributed by atoms with Crippen molar-refractivity contribution in [2.24, 2.45) is 0 Å². The Hall–Kier alpha value is -2.40. The molecule has 140 valence electrons. The smallest absolute Gasteiger partial charge is 0.257 e. The van der Waals surface area contributed by atoms with Crippen molar-refractivity contribution in [2.75, 3.05) is 30.9 Å². The zero-order valence-corrected chi connectivity index (χ0v) is 16.3. The van der Waals surface area contributed by atoms with Gasteiger partial charge in [0.2, 0.25) is 0 Å². The minimum Gasteiger partial charge on any atom is -0.383 e. The van der Waals surface area contributed by atoms with Crippen LogP contribution in [0.15, 0.2) is 36.7 Å². The molecule has 2 rings (SSSR count). The van der Waals surface area contributed by atoms with Gasteiger partial charge in [0.15, 0.2) is 0 Å². The number of hydrogen-bond donors (Lipinski definition) is 2. The third kappa shape index (κ3) is 5.05. The average Bonchev–Trinajstić information content (AvgIpc) is 2.62. The van der Waals surface area contributed by atoms with Crippen LogP contribution in [0.2, 0.25) is 0 Å². The maximum absolute atomic E-state index is 12.8. The number of carbonyl (C=O) groups is 1. The van der Waals surface area contributed by atoms with Crippen LogP contribution >= 0.6 is 0 Å². The van der Waals surface area contributed by atoms with Crippen molar-refractivity contribution in [1.29, 1.82) is 0 Å². The van der Waals surface area contributed by atoms with E-state index in [-0.39, 0.29) is 5.91 Å². The summed E-state index contributed by atoms with van der Waals surface area (Å²) in [6, 6.07) is 8.02. The first-order valence-corrected chi connectivity index (χ1v) is 9.06. The summed E-state index contributed by atoms with van der Waals surface area (Å²) in [6.07, 6.45) is 3.29. The number of methoxy groups -OCH3 is 1. The van der Waals surface area contributed by atoms with Gasteiger partial charge in [-0.1, -0.05) is 45.9 Å². The SMILES string of the molecule is COCCNc1cncc(C(=O)Nc2c(C(C)C)cccc2C(C)C)c1. The number of benzene rings is 1. The van der Waals surface area contributed by atoms with Crippen LogP contribution in [0, 0.1) is 0 Å². The monoisotopic (exact) mass is 355 g/mol. The number of nitrogens with zero attached hydrogens (tertiary/aromatic N) is 1. The Kier molecular flexibility index (Phi) is 7.16. The predicted molar refractivity (Wildman–Crippen MR) is 107 cm³/mol. The lowest BCUT2D eigenvalue weighted by molar-refractivity contribution is 0.102. The number of pyridine rings is 1. The first kappa shape index (κ1) is 19.9. The lowest BCUT2D eigenvalue weighted by atomic mass is 9.92. The molecule has 5 nitrogen and oxygen atoms in total. The first-order chi connectivity index (χ1) is 12.4. The second kappa shape index (κ2) is 9.34. The van der Waals surface area contributed by atoms with Gasteiger partial charge in [-0.25, -0.2) is 0 Å². The van der Waals surface area contributed by atoms with E-state index in [1.807, 2.05) is 6.07 Å². The van der Waals surface area contributed by atoms with E-state index in [1.54, 1.807) is 19.5 Å². The predicted octanol–water partition coefficient (Wildman–Crippen LogP) is 4.64. The largest absolute Gasteiger partial charge is 0.383 e. The van der Waals surface area contributed by atoms with Crippen molar-refractivity contribution in [3.05, 3.63) is 53.3 Å². The summed E-state index contributed by atoms with van der Waals surface area (Å²) in [5.41, 5.74) is 4.54. The maximum atomic E-state index is 12.8. The number of hydrogen-bond acceptors (Lipinski definition) is 4. The molecule has 2 aromatic rings. The quantitative estimate of drug-likeness (QED) is 0.677. The summed E-state index contributed by atoms with van der Waals surface area (Å²) >= 11 is 0. The van der Waals surface area contributed by atoms with E-state index >= 15 is 0 Å². The number of ether oxygens (including phenoxy) is 1. The van der Waals surface area contributed by atoms with Gasteiger partial charge in [0, 0.05) is 31.7 Å². The van der Waals surface area contributed by atoms with Crippen molar-refractivity contribution < 1.29 is 9.53 Å².